The second kappa shape index (κ2) is 13.1. The minimum atomic E-state index is -0.209. The third-order valence-corrected chi connectivity index (χ3v) is 7.94. The number of hydrogen-bond acceptors (Lipinski definition) is 6. The lowest BCUT2D eigenvalue weighted by molar-refractivity contribution is -0.150. The van der Waals surface area contributed by atoms with Crippen LogP contribution in [0.2, 0.25) is 0 Å². The van der Waals surface area contributed by atoms with Gasteiger partial charge in [0.25, 0.3) is 0 Å². The van der Waals surface area contributed by atoms with Crippen LogP contribution in [-0.2, 0) is 19.1 Å². The van der Waals surface area contributed by atoms with Crippen molar-refractivity contribution < 1.29 is 19.1 Å². The van der Waals surface area contributed by atoms with E-state index in [2.05, 4.69) is 66.0 Å². The molecule has 0 saturated carbocycles. The highest BCUT2D eigenvalue weighted by atomic mass is 16.5. The fourth-order valence-electron chi connectivity index (χ4n) is 6.47. The smallest absolute Gasteiger partial charge is 0.310 e. The predicted molar refractivity (Wildman–Crippen MR) is 147 cm³/mol. The number of carbonyl (C=O) groups is 2. The first-order valence-corrected chi connectivity index (χ1v) is 14.5. The summed E-state index contributed by atoms with van der Waals surface area (Å²) in [4.78, 5) is 25.1. The Morgan fingerprint density at radius 1 is 0.639 bits per heavy atom. The van der Waals surface area contributed by atoms with Crippen LogP contribution in [0, 0.1) is 11.8 Å². The van der Waals surface area contributed by atoms with Crippen LogP contribution in [-0.4, -0.2) is 47.3 Å². The van der Waals surface area contributed by atoms with Crippen LogP contribution >= 0.6 is 0 Å². The van der Waals surface area contributed by atoms with Crippen LogP contribution in [0.1, 0.15) is 132 Å². The Morgan fingerprint density at radius 2 is 1.11 bits per heavy atom. The number of unbranched alkanes of at least 4 members (excludes halogenated alkanes) is 7. The second-order valence-corrected chi connectivity index (χ2v) is 14.0. The number of ether oxygens (including phenoxy) is 2. The van der Waals surface area contributed by atoms with E-state index in [4.69, 9.17) is 9.47 Å². The molecular weight excluding hydrogens is 452 g/mol. The predicted octanol–water partition coefficient (Wildman–Crippen LogP) is 6.31. The summed E-state index contributed by atoms with van der Waals surface area (Å²) >= 11 is 0. The molecule has 6 heteroatoms. The highest BCUT2D eigenvalue weighted by Crippen LogP contribution is 2.36. The molecule has 0 aromatic rings. The standard InChI is InChI=1S/C30H56N2O4/c1-27(2)18-17-23(21-28(3,4)31-27)25(33)35-19-15-13-11-9-10-12-14-16-20-36-26(34)24-22-29(5,6)32-30(24,7)8/h23-24,31-32H,9-22H2,1-8H3. The summed E-state index contributed by atoms with van der Waals surface area (Å²) in [6, 6.07) is 0. The van der Waals surface area contributed by atoms with E-state index in [1.54, 1.807) is 0 Å². The Morgan fingerprint density at radius 3 is 1.61 bits per heavy atom. The number of esters is 2. The average Bonchev–Trinajstić information content (AvgIpc) is 2.89. The van der Waals surface area contributed by atoms with E-state index in [1.807, 2.05) is 0 Å². The largest absolute Gasteiger partial charge is 0.465 e. The Balaban J connectivity index is 1.45. The summed E-state index contributed by atoms with van der Waals surface area (Å²) in [6.45, 7) is 18.3. The fourth-order valence-corrected chi connectivity index (χ4v) is 6.47. The molecule has 2 rings (SSSR count). The van der Waals surface area contributed by atoms with Gasteiger partial charge in [-0.15, -0.1) is 0 Å². The maximum atomic E-state index is 12.6. The molecule has 2 aliphatic heterocycles. The fraction of sp³-hybridized carbons (Fsp3) is 0.933. The Bertz CT molecular complexity index is 714. The lowest BCUT2D eigenvalue weighted by Crippen LogP contribution is -2.50. The highest BCUT2D eigenvalue weighted by Gasteiger charge is 2.48. The average molecular weight is 509 g/mol. The Labute approximate surface area is 221 Å². The number of nitrogens with one attached hydrogen (secondary N) is 2. The summed E-state index contributed by atoms with van der Waals surface area (Å²) in [7, 11) is 0. The molecule has 0 aromatic carbocycles. The van der Waals surface area contributed by atoms with Gasteiger partial charge in [-0.2, -0.15) is 0 Å². The van der Waals surface area contributed by atoms with Crippen LogP contribution in [0.3, 0.4) is 0 Å². The molecule has 0 radical (unpaired) electrons. The van der Waals surface area contributed by atoms with Crippen LogP contribution in [0.4, 0.5) is 0 Å². The zero-order valence-corrected chi connectivity index (χ0v) is 24.7. The van der Waals surface area contributed by atoms with E-state index >= 15 is 0 Å². The second-order valence-electron chi connectivity index (χ2n) is 14.0. The van der Waals surface area contributed by atoms with Crippen molar-refractivity contribution in [3.05, 3.63) is 0 Å². The molecule has 0 aliphatic carbocycles. The summed E-state index contributed by atoms with van der Waals surface area (Å²) in [5.41, 5.74) is -0.215. The van der Waals surface area contributed by atoms with Gasteiger partial charge in [0, 0.05) is 22.2 Å². The first-order valence-electron chi connectivity index (χ1n) is 14.5. The summed E-state index contributed by atoms with van der Waals surface area (Å²) in [6.07, 6.45) is 12.4. The molecule has 2 aliphatic rings. The summed E-state index contributed by atoms with van der Waals surface area (Å²) in [5, 5.41) is 7.22. The van der Waals surface area contributed by atoms with Gasteiger partial charge in [0.05, 0.1) is 25.0 Å². The lowest BCUT2D eigenvalue weighted by atomic mass is 9.87. The van der Waals surface area contributed by atoms with Gasteiger partial charge >= 0.3 is 11.9 Å². The van der Waals surface area contributed by atoms with Gasteiger partial charge in [-0.25, -0.2) is 0 Å². The zero-order valence-electron chi connectivity index (χ0n) is 24.7. The summed E-state index contributed by atoms with van der Waals surface area (Å²) in [5.74, 6) is -0.140. The van der Waals surface area contributed by atoms with Crippen molar-refractivity contribution in [3.8, 4) is 0 Å². The third-order valence-electron chi connectivity index (χ3n) is 7.94. The van der Waals surface area contributed by atoms with Crippen LogP contribution < -0.4 is 10.6 Å². The maximum Gasteiger partial charge on any atom is 0.310 e. The normalized spacial score (nSPS) is 26.2. The molecule has 2 heterocycles. The van der Waals surface area contributed by atoms with Crippen molar-refractivity contribution in [2.24, 2.45) is 11.8 Å². The van der Waals surface area contributed by atoms with Crippen molar-refractivity contribution in [2.75, 3.05) is 13.2 Å². The van der Waals surface area contributed by atoms with Crippen molar-refractivity contribution in [1.82, 2.24) is 10.6 Å². The van der Waals surface area contributed by atoms with Crippen LogP contribution in [0.25, 0.3) is 0 Å². The van der Waals surface area contributed by atoms with Gasteiger partial charge < -0.3 is 20.1 Å². The molecule has 36 heavy (non-hydrogen) atoms. The van der Waals surface area contributed by atoms with Gasteiger partial charge in [-0.3, -0.25) is 9.59 Å². The van der Waals surface area contributed by atoms with Crippen molar-refractivity contribution >= 4 is 11.9 Å². The van der Waals surface area contributed by atoms with Crippen molar-refractivity contribution in [3.63, 3.8) is 0 Å². The van der Waals surface area contributed by atoms with Crippen LogP contribution in [0.15, 0.2) is 0 Å². The number of hydrogen-bond donors (Lipinski definition) is 2. The molecule has 6 nitrogen and oxygen atoms in total. The SMILES string of the molecule is CC1(C)CCC(C(=O)OCCCCCCCCCCOC(=O)C2CC(C)(C)NC2(C)C)CC(C)(C)N1. The zero-order chi connectivity index (χ0) is 27.0. The van der Waals surface area contributed by atoms with Crippen LogP contribution in [0.5, 0.6) is 0 Å². The van der Waals surface area contributed by atoms with Gasteiger partial charge in [0.15, 0.2) is 0 Å². The monoisotopic (exact) mass is 508 g/mol. The molecule has 2 saturated heterocycles. The topological polar surface area (TPSA) is 76.7 Å². The van der Waals surface area contributed by atoms with Gasteiger partial charge in [0.2, 0.25) is 0 Å². The molecule has 0 spiro atoms. The minimum Gasteiger partial charge on any atom is -0.465 e. The molecule has 2 unspecified atom stereocenters. The van der Waals surface area contributed by atoms with Gasteiger partial charge in [0.1, 0.15) is 0 Å². The third kappa shape index (κ3) is 10.7. The molecular formula is C30H56N2O4. The van der Waals surface area contributed by atoms with E-state index in [-0.39, 0.29) is 45.9 Å². The molecule has 2 N–H and O–H groups in total. The highest BCUT2D eigenvalue weighted by molar-refractivity contribution is 5.75. The summed E-state index contributed by atoms with van der Waals surface area (Å²) < 4.78 is 11.2. The molecule has 0 amide bonds. The number of rotatable bonds is 13. The quantitative estimate of drug-likeness (QED) is 0.224. The first kappa shape index (κ1) is 31.1. The van der Waals surface area contributed by atoms with E-state index in [0.717, 1.165) is 51.4 Å². The van der Waals surface area contributed by atoms with Crippen molar-refractivity contribution in [2.45, 2.75) is 155 Å². The molecule has 0 aromatic heterocycles. The van der Waals surface area contributed by atoms with E-state index < -0.39 is 0 Å². The first-order chi connectivity index (χ1) is 16.6. The van der Waals surface area contributed by atoms with E-state index in [0.29, 0.717) is 13.2 Å². The molecule has 210 valence electrons. The number of carbonyl (C=O) groups excluding carboxylic acids is 2. The molecule has 0 bridgehead atoms. The van der Waals surface area contributed by atoms with Gasteiger partial charge in [-0.1, -0.05) is 38.5 Å². The Hall–Kier alpha value is -1.14. The van der Waals surface area contributed by atoms with E-state index in [1.165, 1.54) is 25.7 Å². The van der Waals surface area contributed by atoms with Gasteiger partial charge in [-0.05, 0) is 93.9 Å². The van der Waals surface area contributed by atoms with E-state index in [9.17, 15) is 9.59 Å². The lowest BCUT2D eigenvalue weighted by Gasteiger charge is -2.34. The molecule has 2 fully saturated rings. The molecule has 2 atom stereocenters. The maximum absolute atomic E-state index is 12.6. The van der Waals surface area contributed by atoms with Crippen molar-refractivity contribution in [1.29, 1.82) is 0 Å². The Kier molecular flexibility index (Phi) is 11.3. The minimum absolute atomic E-state index is 0.00159.